The Morgan fingerprint density at radius 1 is 1.47 bits per heavy atom. The monoisotopic (exact) mass is 224 g/mol. The Morgan fingerprint density at radius 3 is 3.00 bits per heavy atom. The van der Waals surface area contributed by atoms with Crippen molar-refractivity contribution in [2.75, 3.05) is 5.32 Å². The van der Waals surface area contributed by atoms with E-state index in [2.05, 4.69) is 25.0 Å². The van der Waals surface area contributed by atoms with Gasteiger partial charge in [0.25, 0.3) is 0 Å². The number of rotatable bonds is 3. The van der Waals surface area contributed by atoms with Crippen LogP contribution in [0.3, 0.4) is 0 Å². The average Bonchev–Trinajstić information content (AvgIpc) is 2.70. The second-order valence-corrected chi connectivity index (χ2v) is 3.39. The molecule has 0 aliphatic rings. The van der Waals surface area contributed by atoms with Crippen LogP contribution in [0.1, 0.15) is 18.8 Å². The minimum Gasteiger partial charge on any atom is -0.360 e. The largest absolute Gasteiger partial charge is 0.360 e. The van der Waals surface area contributed by atoms with Crippen LogP contribution in [0.15, 0.2) is 29.1 Å². The highest BCUT2D eigenvalue weighted by Gasteiger charge is 2.10. The smallest absolute Gasteiger partial charge is 0.213 e. The molecule has 0 spiro atoms. The van der Waals surface area contributed by atoms with E-state index in [0.717, 1.165) is 0 Å². The zero-order valence-electron chi connectivity index (χ0n) is 8.01. The fraction of sp³-hybridized carbons (Fsp3) is 0.222. The van der Waals surface area contributed by atoms with Gasteiger partial charge in [-0.25, -0.2) is 4.98 Å². The molecule has 1 atom stereocenters. The number of hydrogen-bond acceptors (Lipinski definition) is 5. The summed E-state index contributed by atoms with van der Waals surface area (Å²) in [6, 6.07) is 5.28. The summed E-state index contributed by atoms with van der Waals surface area (Å²) in [7, 11) is 0. The maximum Gasteiger partial charge on any atom is 0.213 e. The minimum absolute atomic E-state index is 0.0743. The molecule has 15 heavy (non-hydrogen) atoms. The molecular formula is C9H9ClN4O. The first-order valence-electron chi connectivity index (χ1n) is 4.41. The van der Waals surface area contributed by atoms with Gasteiger partial charge in [0, 0.05) is 0 Å². The molecule has 78 valence electrons. The van der Waals surface area contributed by atoms with Crippen LogP contribution in [-0.2, 0) is 0 Å². The van der Waals surface area contributed by atoms with E-state index < -0.39 is 0 Å². The van der Waals surface area contributed by atoms with Crippen LogP contribution in [0.5, 0.6) is 0 Å². The Balaban J connectivity index is 2.09. The summed E-state index contributed by atoms with van der Waals surface area (Å²) in [5.41, 5.74) is 0. The average molecular weight is 225 g/mol. The molecular weight excluding hydrogens is 216 g/mol. The Labute approximate surface area is 91.5 Å². The highest BCUT2D eigenvalue weighted by molar-refractivity contribution is 6.29. The van der Waals surface area contributed by atoms with Crippen LogP contribution in [0.4, 0.5) is 5.82 Å². The molecule has 2 aromatic rings. The van der Waals surface area contributed by atoms with Crippen molar-refractivity contribution in [3.8, 4) is 0 Å². The lowest BCUT2D eigenvalue weighted by Crippen LogP contribution is -2.09. The third-order valence-corrected chi connectivity index (χ3v) is 2.06. The Bertz CT molecular complexity index is 431. The lowest BCUT2D eigenvalue weighted by molar-refractivity contribution is 0.407. The van der Waals surface area contributed by atoms with Crippen LogP contribution in [-0.4, -0.2) is 15.1 Å². The molecule has 0 aromatic carbocycles. The van der Waals surface area contributed by atoms with E-state index in [4.69, 9.17) is 11.6 Å². The van der Waals surface area contributed by atoms with Gasteiger partial charge in [-0.2, -0.15) is 4.98 Å². The highest BCUT2D eigenvalue weighted by Crippen LogP contribution is 2.15. The van der Waals surface area contributed by atoms with Crippen molar-refractivity contribution in [3.63, 3.8) is 0 Å². The van der Waals surface area contributed by atoms with Gasteiger partial charge in [0.1, 0.15) is 11.0 Å². The summed E-state index contributed by atoms with van der Waals surface area (Å²) in [5, 5.41) is 7.27. The van der Waals surface area contributed by atoms with Gasteiger partial charge in [0.2, 0.25) is 6.39 Å². The molecule has 0 amide bonds. The number of nitrogens with zero attached hydrogens (tertiary/aromatic N) is 3. The Morgan fingerprint density at radius 2 is 2.33 bits per heavy atom. The second kappa shape index (κ2) is 4.27. The first-order valence-corrected chi connectivity index (χ1v) is 4.79. The summed E-state index contributed by atoms with van der Waals surface area (Å²) in [5.74, 6) is 1.26. The molecule has 2 rings (SSSR count). The van der Waals surface area contributed by atoms with Gasteiger partial charge in [-0.3, -0.25) is 0 Å². The van der Waals surface area contributed by atoms with Gasteiger partial charge in [-0.1, -0.05) is 22.8 Å². The number of aromatic nitrogens is 3. The van der Waals surface area contributed by atoms with Gasteiger partial charge in [0.15, 0.2) is 5.82 Å². The predicted molar refractivity (Wildman–Crippen MR) is 55.6 cm³/mol. The highest BCUT2D eigenvalue weighted by atomic mass is 35.5. The molecule has 0 aliphatic carbocycles. The third kappa shape index (κ3) is 2.44. The van der Waals surface area contributed by atoms with Gasteiger partial charge in [-0.15, -0.1) is 0 Å². The lowest BCUT2D eigenvalue weighted by atomic mass is 10.3. The summed E-state index contributed by atoms with van der Waals surface area (Å²) in [6.45, 7) is 1.91. The van der Waals surface area contributed by atoms with Crippen molar-refractivity contribution in [3.05, 3.63) is 35.6 Å². The van der Waals surface area contributed by atoms with Crippen molar-refractivity contribution in [1.29, 1.82) is 0 Å². The zero-order valence-corrected chi connectivity index (χ0v) is 8.77. The fourth-order valence-electron chi connectivity index (χ4n) is 1.14. The van der Waals surface area contributed by atoms with Gasteiger partial charge >= 0.3 is 0 Å². The van der Waals surface area contributed by atoms with E-state index in [0.29, 0.717) is 16.8 Å². The number of anilines is 1. The summed E-state index contributed by atoms with van der Waals surface area (Å²) >= 11 is 5.75. The van der Waals surface area contributed by atoms with Crippen molar-refractivity contribution in [2.45, 2.75) is 13.0 Å². The maximum atomic E-state index is 5.75. The van der Waals surface area contributed by atoms with E-state index in [1.807, 2.05) is 19.1 Å². The molecule has 5 nitrogen and oxygen atoms in total. The molecule has 0 radical (unpaired) electrons. The number of halogens is 1. The SMILES string of the molecule is CC(Nc1cccc(Cl)n1)c1ncon1. The maximum absolute atomic E-state index is 5.75. The van der Waals surface area contributed by atoms with Gasteiger partial charge < -0.3 is 9.84 Å². The van der Waals surface area contributed by atoms with E-state index in [-0.39, 0.29) is 6.04 Å². The Kier molecular flexibility index (Phi) is 2.82. The number of pyridine rings is 1. The normalized spacial score (nSPS) is 12.4. The first kappa shape index (κ1) is 9.92. The van der Waals surface area contributed by atoms with Crippen molar-refractivity contribution in [1.82, 2.24) is 15.1 Å². The summed E-state index contributed by atoms with van der Waals surface area (Å²) < 4.78 is 4.65. The van der Waals surface area contributed by atoms with Crippen molar-refractivity contribution in [2.24, 2.45) is 0 Å². The summed E-state index contributed by atoms with van der Waals surface area (Å²) in [6.07, 6.45) is 1.29. The first-order chi connectivity index (χ1) is 7.25. The van der Waals surface area contributed by atoms with Gasteiger partial charge in [0.05, 0.1) is 6.04 Å². The molecule has 0 aliphatic heterocycles. The second-order valence-electron chi connectivity index (χ2n) is 3.00. The molecule has 0 fully saturated rings. The van der Waals surface area contributed by atoms with E-state index in [1.165, 1.54) is 6.39 Å². The van der Waals surface area contributed by atoms with E-state index >= 15 is 0 Å². The molecule has 1 N–H and O–H groups in total. The third-order valence-electron chi connectivity index (χ3n) is 1.85. The quantitative estimate of drug-likeness (QED) is 0.811. The van der Waals surface area contributed by atoms with Gasteiger partial charge in [-0.05, 0) is 19.1 Å². The molecule has 0 saturated carbocycles. The molecule has 0 bridgehead atoms. The standard InChI is InChI=1S/C9H9ClN4O/c1-6(9-11-5-15-14-9)12-8-4-2-3-7(10)13-8/h2-6H,1H3,(H,12,13). The van der Waals surface area contributed by atoms with Crippen LogP contribution in [0, 0.1) is 0 Å². The molecule has 6 heteroatoms. The molecule has 2 aromatic heterocycles. The topological polar surface area (TPSA) is 63.8 Å². The van der Waals surface area contributed by atoms with Crippen LogP contribution < -0.4 is 5.32 Å². The number of nitrogens with one attached hydrogen (secondary N) is 1. The van der Waals surface area contributed by atoms with Crippen LogP contribution in [0.25, 0.3) is 0 Å². The van der Waals surface area contributed by atoms with Crippen molar-refractivity contribution >= 4 is 17.4 Å². The zero-order chi connectivity index (χ0) is 10.7. The molecule has 1 unspecified atom stereocenters. The van der Waals surface area contributed by atoms with Crippen LogP contribution >= 0.6 is 11.6 Å². The minimum atomic E-state index is -0.0743. The van der Waals surface area contributed by atoms with Crippen molar-refractivity contribution < 1.29 is 4.52 Å². The van der Waals surface area contributed by atoms with Crippen LogP contribution in [0.2, 0.25) is 5.15 Å². The Hall–Kier alpha value is -1.62. The molecule has 2 heterocycles. The lowest BCUT2D eigenvalue weighted by Gasteiger charge is -2.10. The predicted octanol–water partition coefficient (Wildman–Crippen LogP) is 2.29. The summed E-state index contributed by atoms with van der Waals surface area (Å²) in [4.78, 5) is 8.02. The fourth-order valence-corrected chi connectivity index (χ4v) is 1.31. The van der Waals surface area contributed by atoms with E-state index in [1.54, 1.807) is 6.07 Å². The van der Waals surface area contributed by atoms with E-state index in [9.17, 15) is 0 Å². The molecule has 0 saturated heterocycles. The number of hydrogen-bond donors (Lipinski definition) is 1.